The number of aromatic amines is 2. The van der Waals surface area contributed by atoms with Crippen molar-refractivity contribution in [2.24, 2.45) is 5.73 Å². The number of anilines is 1. The van der Waals surface area contributed by atoms with Crippen molar-refractivity contribution < 1.29 is 13.2 Å². The highest BCUT2D eigenvalue weighted by molar-refractivity contribution is 8.02. The number of halogens is 3. The second kappa shape index (κ2) is 9.16. The van der Waals surface area contributed by atoms with E-state index in [-0.39, 0.29) is 0 Å². The van der Waals surface area contributed by atoms with E-state index in [4.69, 9.17) is 5.73 Å². The number of nitrogens with zero attached hydrogens (tertiary/aromatic N) is 3. The lowest BCUT2D eigenvalue weighted by Crippen LogP contribution is -2.21. The van der Waals surface area contributed by atoms with Gasteiger partial charge in [-0.1, -0.05) is 18.2 Å². The first-order valence-electron chi connectivity index (χ1n) is 10.6. The molecule has 0 bridgehead atoms. The van der Waals surface area contributed by atoms with E-state index >= 15 is 0 Å². The molecule has 1 aliphatic rings. The number of alkyl halides is 3. The fraction of sp³-hybridized carbons (Fsp3) is 0.217. The second-order valence-corrected chi connectivity index (χ2v) is 8.87. The third-order valence-corrected chi connectivity index (χ3v) is 6.58. The summed E-state index contributed by atoms with van der Waals surface area (Å²) in [7, 11) is 0. The Balaban J connectivity index is 1.56. The first-order valence-corrected chi connectivity index (χ1v) is 11.6. The molecule has 0 saturated carbocycles. The Bertz CT molecular complexity index is 1330. The Morgan fingerprint density at radius 3 is 2.82 bits per heavy atom. The predicted molar refractivity (Wildman–Crippen MR) is 128 cm³/mol. The van der Waals surface area contributed by atoms with Crippen LogP contribution in [0.5, 0.6) is 0 Å². The number of benzene rings is 2. The first-order chi connectivity index (χ1) is 16.4. The Hall–Kier alpha value is -3.28. The number of nitrogens with two attached hydrogens (primary N) is 1. The van der Waals surface area contributed by atoms with Crippen molar-refractivity contribution in [1.29, 1.82) is 0 Å². The fourth-order valence-corrected chi connectivity index (χ4v) is 4.90. The van der Waals surface area contributed by atoms with Gasteiger partial charge < -0.3 is 16.0 Å². The molecule has 0 saturated heterocycles. The number of nitrogens with one attached hydrogen (secondary N) is 3. The topological polar surface area (TPSA) is 98.6 Å². The Labute approximate surface area is 197 Å². The standard InChI is InChI=1S/C23H22F3N7S/c24-23(25,26)21-11-19(31-32-21)22-33(6-7-34-22)20-10-18-16(13-29-30-18)9-17(20)15-3-1-2-14(8-15)12-28-5-4-27/h1-3,6-11,13,22,28H,4-5,12,27H2,(H,29,30)(H,31,32). The van der Waals surface area contributed by atoms with Crippen LogP contribution in [0.1, 0.15) is 22.3 Å². The lowest BCUT2D eigenvalue weighted by Gasteiger charge is -2.26. The van der Waals surface area contributed by atoms with Crippen molar-refractivity contribution in [3.63, 3.8) is 0 Å². The molecule has 34 heavy (non-hydrogen) atoms. The van der Waals surface area contributed by atoms with Crippen molar-refractivity contribution in [2.75, 3.05) is 18.0 Å². The molecule has 0 aliphatic carbocycles. The van der Waals surface area contributed by atoms with Crippen LogP contribution in [0.4, 0.5) is 18.9 Å². The zero-order valence-electron chi connectivity index (χ0n) is 17.9. The van der Waals surface area contributed by atoms with Crippen LogP contribution in [0.25, 0.3) is 22.0 Å². The molecule has 2 aromatic carbocycles. The Morgan fingerprint density at radius 1 is 1.15 bits per heavy atom. The van der Waals surface area contributed by atoms with E-state index in [2.05, 4.69) is 31.8 Å². The number of hydrogen-bond donors (Lipinski definition) is 4. The molecule has 2 aromatic heterocycles. The van der Waals surface area contributed by atoms with Crippen LogP contribution in [0, 0.1) is 0 Å². The highest BCUT2D eigenvalue weighted by atomic mass is 32.2. The lowest BCUT2D eigenvalue weighted by atomic mass is 9.99. The molecule has 5 rings (SSSR count). The molecule has 0 fully saturated rings. The second-order valence-electron chi connectivity index (χ2n) is 7.88. The summed E-state index contributed by atoms with van der Waals surface area (Å²) in [5, 5.41) is 18.9. The predicted octanol–water partition coefficient (Wildman–Crippen LogP) is 4.74. The van der Waals surface area contributed by atoms with E-state index < -0.39 is 17.2 Å². The maximum absolute atomic E-state index is 13.1. The molecule has 7 nitrogen and oxygen atoms in total. The number of rotatable bonds is 7. The van der Waals surface area contributed by atoms with Gasteiger partial charge in [-0.25, -0.2) is 0 Å². The monoisotopic (exact) mass is 485 g/mol. The normalized spacial score (nSPS) is 16.1. The summed E-state index contributed by atoms with van der Waals surface area (Å²) in [5.74, 6) is 0. The molecule has 0 amide bonds. The average molecular weight is 486 g/mol. The molecule has 1 aliphatic heterocycles. The molecule has 0 radical (unpaired) electrons. The number of aromatic nitrogens is 4. The maximum atomic E-state index is 13.1. The molecule has 4 aromatic rings. The van der Waals surface area contributed by atoms with E-state index in [0.29, 0.717) is 18.8 Å². The van der Waals surface area contributed by atoms with Gasteiger partial charge in [-0.3, -0.25) is 10.2 Å². The zero-order valence-corrected chi connectivity index (χ0v) is 18.7. The van der Waals surface area contributed by atoms with Crippen LogP contribution in [-0.4, -0.2) is 33.5 Å². The first kappa shape index (κ1) is 22.5. The summed E-state index contributed by atoms with van der Waals surface area (Å²) in [6.45, 7) is 1.97. The third kappa shape index (κ3) is 4.41. The van der Waals surface area contributed by atoms with Crippen LogP contribution >= 0.6 is 11.8 Å². The summed E-state index contributed by atoms with van der Waals surface area (Å²) in [6, 6.07) is 13.3. The van der Waals surface area contributed by atoms with Gasteiger partial charge in [0.05, 0.1) is 23.1 Å². The quantitative estimate of drug-likeness (QED) is 0.282. The molecular formula is C23H22F3N7S. The van der Waals surface area contributed by atoms with Crippen LogP contribution < -0.4 is 16.0 Å². The van der Waals surface area contributed by atoms with Gasteiger partial charge in [0.2, 0.25) is 0 Å². The number of hydrogen-bond acceptors (Lipinski definition) is 6. The van der Waals surface area contributed by atoms with Crippen molar-refractivity contribution in [2.45, 2.75) is 18.1 Å². The third-order valence-electron chi connectivity index (χ3n) is 5.56. The van der Waals surface area contributed by atoms with Gasteiger partial charge in [0.1, 0.15) is 5.37 Å². The summed E-state index contributed by atoms with van der Waals surface area (Å²) >= 11 is 1.41. The molecule has 1 atom stereocenters. The number of H-pyrrole nitrogens is 2. The van der Waals surface area contributed by atoms with E-state index in [0.717, 1.165) is 45.9 Å². The minimum atomic E-state index is -4.51. The van der Waals surface area contributed by atoms with Gasteiger partial charge in [0, 0.05) is 36.8 Å². The summed E-state index contributed by atoms with van der Waals surface area (Å²) in [6.07, 6.45) is -0.877. The Morgan fingerprint density at radius 2 is 2.03 bits per heavy atom. The summed E-state index contributed by atoms with van der Waals surface area (Å²) in [4.78, 5) is 1.95. The van der Waals surface area contributed by atoms with Crippen LogP contribution in [0.3, 0.4) is 0 Å². The van der Waals surface area contributed by atoms with Crippen molar-refractivity contribution >= 4 is 28.4 Å². The SMILES string of the molecule is NCCNCc1cccc(-c2cc3cn[nH]c3cc2N2C=CSC2c2cc(C(F)(F)F)n[nH]2)c1. The van der Waals surface area contributed by atoms with Crippen molar-refractivity contribution in [3.05, 3.63) is 77.2 Å². The molecule has 11 heteroatoms. The van der Waals surface area contributed by atoms with Crippen LogP contribution in [0.2, 0.25) is 0 Å². The minimum absolute atomic E-state index is 0.373. The average Bonchev–Trinajstić information content (AvgIpc) is 3.58. The molecule has 176 valence electrons. The van der Waals surface area contributed by atoms with E-state index in [1.165, 1.54) is 11.8 Å². The van der Waals surface area contributed by atoms with Crippen LogP contribution in [-0.2, 0) is 12.7 Å². The number of thioether (sulfide) groups is 1. The minimum Gasteiger partial charge on any atom is -0.329 e. The van der Waals surface area contributed by atoms with Crippen molar-refractivity contribution in [3.8, 4) is 11.1 Å². The Kier molecular flexibility index (Phi) is 6.07. The highest BCUT2D eigenvalue weighted by Crippen LogP contribution is 2.46. The molecule has 5 N–H and O–H groups in total. The van der Waals surface area contributed by atoms with Gasteiger partial charge in [0.15, 0.2) is 5.69 Å². The summed E-state index contributed by atoms with van der Waals surface area (Å²) in [5.41, 5.74) is 9.75. The van der Waals surface area contributed by atoms with E-state index in [1.807, 2.05) is 46.8 Å². The fourth-order valence-electron chi connectivity index (χ4n) is 3.97. The van der Waals surface area contributed by atoms with E-state index in [1.54, 1.807) is 6.20 Å². The van der Waals surface area contributed by atoms with Gasteiger partial charge in [-0.15, -0.1) is 11.8 Å². The maximum Gasteiger partial charge on any atom is 0.435 e. The van der Waals surface area contributed by atoms with Gasteiger partial charge in [-0.05, 0) is 40.8 Å². The molecule has 1 unspecified atom stereocenters. The van der Waals surface area contributed by atoms with Gasteiger partial charge >= 0.3 is 6.18 Å². The van der Waals surface area contributed by atoms with E-state index in [9.17, 15) is 13.2 Å². The summed E-state index contributed by atoms with van der Waals surface area (Å²) < 4.78 is 39.4. The van der Waals surface area contributed by atoms with Crippen molar-refractivity contribution in [1.82, 2.24) is 25.7 Å². The lowest BCUT2D eigenvalue weighted by molar-refractivity contribution is -0.141. The van der Waals surface area contributed by atoms with Crippen LogP contribution in [0.15, 0.2) is 60.3 Å². The zero-order chi connectivity index (χ0) is 23.7. The molecule has 0 spiro atoms. The smallest absolute Gasteiger partial charge is 0.329 e. The molecule has 3 heterocycles. The van der Waals surface area contributed by atoms with Gasteiger partial charge in [-0.2, -0.15) is 23.4 Å². The molecular weight excluding hydrogens is 463 g/mol. The highest BCUT2D eigenvalue weighted by Gasteiger charge is 2.36. The number of fused-ring (bicyclic) bond motifs is 1. The largest absolute Gasteiger partial charge is 0.435 e. The van der Waals surface area contributed by atoms with Gasteiger partial charge in [0.25, 0.3) is 0 Å².